The minimum Gasteiger partial charge on any atom is -0.472 e. The van der Waals surface area contributed by atoms with Gasteiger partial charge in [-0.15, -0.1) is 0 Å². The van der Waals surface area contributed by atoms with E-state index in [-0.39, 0.29) is 0 Å². The van der Waals surface area contributed by atoms with E-state index >= 15 is 0 Å². The van der Waals surface area contributed by atoms with Crippen molar-refractivity contribution in [3.05, 3.63) is 24.2 Å². The molecule has 0 aromatic carbocycles. The second-order valence-corrected chi connectivity index (χ2v) is 3.73. The molecular formula is C10H14O2. The molecule has 0 bridgehead atoms. The first-order valence-corrected chi connectivity index (χ1v) is 4.48. The fourth-order valence-electron chi connectivity index (χ4n) is 2.10. The minimum atomic E-state index is -0.618. The van der Waals surface area contributed by atoms with Crippen molar-refractivity contribution in [3.63, 3.8) is 0 Å². The average molecular weight is 166 g/mol. The van der Waals surface area contributed by atoms with E-state index in [0.29, 0.717) is 5.92 Å². The predicted molar refractivity (Wildman–Crippen MR) is 45.6 cm³/mol. The summed E-state index contributed by atoms with van der Waals surface area (Å²) in [5.41, 5.74) is 0.319. The van der Waals surface area contributed by atoms with Crippen LogP contribution in [0.4, 0.5) is 0 Å². The van der Waals surface area contributed by atoms with E-state index in [1.807, 2.05) is 6.07 Å². The molecule has 1 aliphatic rings. The molecule has 2 heteroatoms. The maximum atomic E-state index is 10.3. The van der Waals surface area contributed by atoms with E-state index < -0.39 is 5.60 Å². The highest BCUT2D eigenvalue weighted by molar-refractivity contribution is 5.18. The summed E-state index contributed by atoms with van der Waals surface area (Å²) in [6.45, 7) is 2.10. The Bertz CT molecular complexity index is 253. The molecule has 2 rings (SSSR count). The number of aliphatic hydroxyl groups is 1. The molecule has 2 unspecified atom stereocenters. The maximum absolute atomic E-state index is 10.3. The standard InChI is InChI=1S/C10H14O2/c1-8-3-2-5-10(8,11)9-4-6-12-7-9/h4,6-8,11H,2-3,5H2,1H3. The van der Waals surface area contributed by atoms with Crippen molar-refractivity contribution in [2.75, 3.05) is 0 Å². The molecule has 2 atom stereocenters. The Labute approximate surface area is 72.2 Å². The van der Waals surface area contributed by atoms with Gasteiger partial charge in [0.1, 0.15) is 0 Å². The topological polar surface area (TPSA) is 33.4 Å². The van der Waals surface area contributed by atoms with Crippen LogP contribution < -0.4 is 0 Å². The van der Waals surface area contributed by atoms with E-state index in [4.69, 9.17) is 4.42 Å². The number of furan rings is 1. The Morgan fingerprint density at radius 3 is 3.00 bits per heavy atom. The minimum absolute atomic E-state index is 0.357. The molecule has 1 fully saturated rings. The monoisotopic (exact) mass is 166 g/mol. The van der Waals surface area contributed by atoms with Crippen LogP contribution in [0.3, 0.4) is 0 Å². The Kier molecular flexibility index (Phi) is 1.72. The van der Waals surface area contributed by atoms with Gasteiger partial charge in [0.05, 0.1) is 18.1 Å². The van der Waals surface area contributed by atoms with Gasteiger partial charge in [-0.05, 0) is 31.2 Å². The molecule has 0 spiro atoms. The van der Waals surface area contributed by atoms with Gasteiger partial charge < -0.3 is 9.52 Å². The fourth-order valence-corrected chi connectivity index (χ4v) is 2.10. The van der Waals surface area contributed by atoms with Gasteiger partial charge in [0, 0.05) is 5.56 Å². The first kappa shape index (κ1) is 7.87. The van der Waals surface area contributed by atoms with Crippen LogP contribution in [-0.2, 0) is 5.60 Å². The molecule has 0 amide bonds. The van der Waals surface area contributed by atoms with Gasteiger partial charge in [0.2, 0.25) is 0 Å². The second-order valence-electron chi connectivity index (χ2n) is 3.73. The molecule has 2 nitrogen and oxygen atoms in total. The lowest BCUT2D eigenvalue weighted by Gasteiger charge is -2.26. The quantitative estimate of drug-likeness (QED) is 0.694. The summed E-state index contributed by atoms with van der Waals surface area (Å²) in [6.07, 6.45) is 6.37. The van der Waals surface area contributed by atoms with Gasteiger partial charge in [-0.3, -0.25) is 0 Å². The van der Waals surface area contributed by atoms with E-state index in [1.165, 1.54) is 0 Å². The van der Waals surface area contributed by atoms with Gasteiger partial charge in [-0.25, -0.2) is 0 Å². The van der Waals surface area contributed by atoms with Crippen LogP contribution in [-0.4, -0.2) is 5.11 Å². The van der Waals surface area contributed by atoms with Crippen molar-refractivity contribution >= 4 is 0 Å². The third kappa shape index (κ3) is 0.985. The molecule has 1 aliphatic carbocycles. The van der Waals surface area contributed by atoms with Crippen LogP contribution in [0.2, 0.25) is 0 Å². The molecule has 1 aromatic heterocycles. The summed E-state index contributed by atoms with van der Waals surface area (Å²) >= 11 is 0. The van der Waals surface area contributed by atoms with Gasteiger partial charge in [-0.2, -0.15) is 0 Å². The van der Waals surface area contributed by atoms with E-state index in [9.17, 15) is 5.11 Å². The summed E-state index contributed by atoms with van der Waals surface area (Å²) < 4.78 is 4.98. The molecule has 12 heavy (non-hydrogen) atoms. The van der Waals surface area contributed by atoms with Crippen molar-refractivity contribution in [1.82, 2.24) is 0 Å². The summed E-state index contributed by atoms with van der Waals surface area (Å²) in [4.78, 5) is 0. The molecule has 0 aliphatic heterocycles. The molecule has 66 valence electrons. The zero-order valence-electron chi connectivity index (χ0n) is 7.29. The molecule has 0 radical (unpaired) electrons. The Balaban J connectivity index is 2.32. The molecule has 1 saturated carbocycles. The van der Waals surface area contributed by atoms with Crippen LogP contribution in [0.1, 0.15) is 31.7 Å². The van der Waals surface area contributed by atoms with E-state index in [0.717, 1.165) is 24.8 Å². The van der Waals surface area contributed by atoms with Crippen LogP contribution in [0.5, 0.6) is 0 Å². The maximum Gasteiger partial charge on any atom is 0.0963 e. The third-order valence-electron chi connectivity index (χ3n) is 3.03. The normalized spacial score (nSPS) is 35.7. The zero-order valence-corrected chi connectivity index (χ0v) is 7.29. The van der Waals surface area contributed by atoms with Crippen molar-refractivity contribution in [1.29, 1.82) is 0 Å². The smallest absolute Gasteiger partial charge is 0.0963 e. The summed E-state index contributed by atoms with van der Waals surface area (Å²) in [6, 6.07) is 1.86. The number of rotatable bonds is 1. The van der Waals surface area contributed by atoms with Gasteiger partial charge in [-0.1, -0.05) is 6.92 Å². The van der Waals surface area contributed by atoms with Crippen molar-refractivity contribution in [3.8, 4) is 0 Å². The lowest BCUT2D eigenvalue weighted by Crippen LogP contribution is -2.27. The highest BCUT2D eigenvalue weighted by atomic mass is 16.3. The van der Waals surface area contributed by atoms with Crippen LogP contribution >= 0.6 is 0 Å². The first-order chi connectivity index (χ1) is 5.73. The van der Waals surface area contributed by atoms with Crippen LogP contribution in [0.25, 0.3) is 0 Å². The van der Waals surface area contributed by atoms with Crippen molar-refractivity contribution in [2.24, 2.45) is 5.92 Å². The van der Waals surface area contributed by atoms with E-state index in [2.05, 4.69) is 6.92 Å². The van der Waals surface area contributed by atoms with Crippen molar-refractivity contribution in [2.45, 2.75) is 31.8 Å². The second kappa shape index (κ2) is 2.63. The predicted octanol–water partition coefficient (Wildman–Crippen LogP) is 2.29. The van der Waals surface area contributed by atoms with Crippen molar-refractivity contribution < 1.29 is 9.52 Å². The Morgan fingerprint density at radius 2 is 2.50 bits per heavy atom. The van der Waals surface area contributed by atoms with E-state index in [1.54, 1.807) is 12.5 Å². The molecule has 1 N–H and O–H groups in total. The summed E-state index contributed by atoms with van der Waals surface area (Å²) in [7, 11) is 0. The van der Waals surface area contributed by atoms with Gasteiger partial charge in [0.15, 0.2) is 0 Å². The lowest BCUT2D eigenvalue weighted by atomic mass is 9.87. The molecule has 0 saturated heterocycles. The fraction of sp³-hybridized carbons (Fsp3) is 0.600. The van der Waals surface area contributed by atoms with Gasteiger partial charge >= 0.3 is 0 Å². The van der Waals surface area contributed by atoms with Crippen LogP contribution in [0, 0.1) is 5.92 Å². The first-order valence-electron chi connectivity index (χ1n) is 4.48. The number of hydrogen-bond donors (Lipinski definition) is 1. The Morgan fingerprint density at radius 1 is 1.67 bits per heavy atom. The Hall–Kier alpha value is -0.760. The number of hydrogen-bond acceptors (Lipinski definition) is 2. The average Bonchev–Trinajstić information content (AvgIpc) is 2.62. The molecule has 1 aromatic rings. The molecule has 1 heterocycles. The van der Waals surface area contributed by atoms with Gasteiger partial charge in [0.25, 0.3) is 0 Å². The summed E-state index contributed by atoms with van der Waals surface area (Å²) in [5.74, 6) is 0.357. The SMILES string of the molecule is CC1CCCC1(O)c1ccoc1. The third-order valence-corrected chi connectivity index (χ3v) is 3.03. The lowest BCUT2D eigenvalue weighted by molar-refractivity contribution is 0.00397. The highest BCUT2D eigenvalue weighted by Crippen LogP contribution is 2.43. The zero-order chi connectivity index (χ0) is 8.60. The van der Waals surface area contributed by atoms with Crippen LogP contribution in [0.15, 0.2) is 23.0 Å². The molecular weight excluding hydrogens is 152 g/mol. The summed E-state index contributed by atoms with van der Waals surface area (Å²) in [5, 5.41) is 10.3. The highest BCUT2D eigenvalue weighted by Gasteiger charge is 2.40. The largest absolute Gasteiger partial charge is 0.472 e.